The Kier molecular flexibility index (Phi) is 2.95. The maximum Gasteiger partial charge on any atom is 0.290 e. The molecule has 0 atom stereocenters. The van der Waals surface area contributed by atoms with E-state index in [0.717, 1.165) is 5.69 Å². The van der Waals surface area contributed by atoms with E-state index < -0.39 is 0 Å². The molecule has 2 aromatic rings. The van der Waals surface area contributed by atoms with Gasteiger partial charge in [-0.2, -0.15) is 0 Å². The van der Waals surface area contributed by atoms with Gasteiger partial charge in [-0.25, -0.2) is 0 Å². The molecule has 16 heavy (non-hydrogen) atoms. The first kappa shape index (κ1) is 10.4. The van der Waals surface area contributed by atoms with Crippen LogP contribution in [0.15, 0.2) is 35.0 Å². The predicted octanol–water partition coefficient (Wildman–Crippen LogP) is 1.31. The molecule has 0 unspecified atom stereocenters. The van der Waals surface area contributed by atoms with Gasteiger partial charge in [-0.05, 0) is 19.1 Å². The van der Waals surface area contributed by atoms with Gasteiger partial charge < -0.3 is 9.84 Å². The standard InChI is InChI=1S/C11H11N3O2/c1-8-6-10(16-14-8)11(15)13-7-9-4-2-3-5-12-9/h2-6H,7H2,1H3,(H,13,15). The molecule has 0 bridgehead atoms. The number of amides is 1. The molecule has 0 aliphatic heterocycles. The second-order valence-electron chi connectivity index (χ2n) is 3.34. The van der Waals surface area contributed by atoms with Crippen LogP contribution in [0.2, 0.25) is 0 Å². The highest BCUT2D eigenvalue weighted by Crippen LogP contribution is 2.02. The zero-order valence-electron chi connectivity index (χ0n) is 8.80. The van der Waals surface area contributed by atoms with E-state index in [2.05, 4.69) is 15.5 Å². The molecule has 0 fully saturated rings. The fourth-order valence-corrected chi connectivity index (χ4v) is 1.23. The van der Waals surface area contributed by atoms with Gasteiger partial charge in [-0.3, -0.25) is 9.78 Å². The largest absolute Gasteiger partial charge is 0.351 e. The third-order valence-corrected chi connectivity index (χ3v) is 2.01. The van der Waals surface area contributed by atoms with Crippen molar-refractivity contribution in [2.75, 3.05) is 0 Å². The molecule has 0 aliphatic rings. The second-order valence-corrected chi connectivity index (χ2v) is 3.34. The normalized spacial score (nSPS) is 10.1. The summed E-state index contributed by atoms with van der Waals surface area (Å²) in [5.41, 5.74) is 1.48. The Hall–Kier alpha value is -2.17. The number of rotatable bonds is 3. The molecule has 1 amide bonds. The van der Waals surface area contributed by atoms with Gasteiger partial charge in [0.15, 0.2) is 0 Å². The van der Waals surface area contributed by atoms with Crippen molar-refractivity contribution in [2.24, 2.45) is 0 Å². The highest BCUT2D eigenvalue weighted by Gasteiger charge is 2.10. The van der Waals surface area contributed by atoms with Crippen LogP contribution >= 0.6 is 0 Å². The summed E-state index contributed by atoms with van der Waals surface area (Å²) in [6.07, 6.45) is 1.68. The van der Waals surface area contributed by atoms with Gasteiger partial charge >= 0.3 is 0 Å². The minimum absolute atomic E-state index is 0.216. The summed E-state index contributed by atoms with van der Waals surface area (Å²) in [5, 5.41) is 6.33. The average molecular weight is 217 g/mol. The van der Waals surface area contributed by atoms with Crippen molar-refractivity contribution in [3.05, 3.63) is 47.6 Å². The zero-order chi connectivity index (χ0) is 11.4. The number of hydrogen-bond acceptors (Lipinski definition) is 4. The molecule has 0 saturated carbocycles. The zero-order valence-corrected chi connectivity index (χ0v) is 8.80. The summed E-state index contributed by atoms with van der Waals surface area (Å²) >= 11 is 0. The Morgan fingerprint density at radius 1 is 1.50 bits per heavy atom. The monoisotopic (exact) mass is 217 g/mol. The van der Waals surface area contributed by atoms with Gasteiger partial charge in [-0.15, -0.1) is 0 Å². The number of aromatic nitrogens is 2. The number of pyridine rings is 1. The topological polar surface area (TPSA) is 68.0 Å². The minimum Gasteiger partial charge on any atom is -0.351 e. The summed E-state index contributed by atoms with van der Waals surface area (Å²) in [6, 6.07) is 7.12. The van der Waals surface area contributed by atoms with E-state index in [4.69, 9.17) is 4.52 Å². The number of nitrogens with zero attached hydrogens (tertiary/aromatic N) is 2. The lowest BCUT2D eigenvalue weighted by atomic mass is 10.3. The molecule has 5 heteroatoms. The number of hydrogen-bond donors (Lipinski definition) is 1. The summed E-state index contributed by atoms with van der Waals surface area (Å²) in [4.78, 5) is 15.6. The van der Waals surface area contributed by atoms with Crippen LogP contribution in [0.5, 0.6) is 0 Å². The van der Waals surface area contributed by atoms with Gasteiger partial charge in [0, 0.05) is 12.3 Å². The van der Waals surface area contributed by atoms with Gasteiger partial charge in [-0.1, -0.05) is 11.2 Å². The maximum absolute atomic E-state index is 11.6. The molecule has 0 spiro atoms. The number of nitrogens with one attached hydrogen (secondary N) is 1. The summed E-state index contributed by atoms with van der Waals surface area (Å²) in [5.74, 6) is -0.0697. The SMILES string of the molecule is Cc1cc(C(=O)NCc2ccccn2)on1. The van der Waals surface area contributed by atoms with Crippen LogP contribution in [0, 0.1) is 6.92 Å². The van der Waals surface area contributed by atoms with E-state index in [1.165, 1.54) is 0 Å². The van der Waals surface area contributed by atoms with Crippen molar-refractivity contribution in [3.63, 3.8) is 0 Å². The maximum atomic E-state index is 11.6. The summed E-state index contributed by atoms with van der Waals surface area (Å²) in [6.45, 7) is 2.14. The third kappa shape index (κ3) is 2.44. The fraction of sp³-hybridized carbons (Fsp3) is 0.182. The van der Waals surface area contributed by atoms with Crippen LogP contribution in [0.1, 0.15) is 21.9 Å². The van der Waals surface area contributed by atoms with Gasteiger partial charge in [0.1, 0.15) is 0 Å². The van der Waals surface area contributed by atoms with Crippen LogP contribution < -0.4 is 5.32 Å². The lowest BCUT2D eigenvalue weighted by Crippen LogP contribution is -2.22. The van der Waals surface area contributed by atoms with Crippen molar-refractivity contribution >= 4 is 5.91 Å². The third-order valence-electron chi connectivity index (χ3n) is 2.01. The van der Waals surface area contributed by atoms with E-state index in [1.807, 2.05) is 18.2 Å². The lowest BCUT2D eigenvalue weighted by Gasteiger charge is -2.01. The van der Waals surface area contributed by atoms with E-state index in [-0.39, 0.29) is 11.7 Å². The van der Waals surface area contributed by atoms with Gasteiger partial charge in [0.2, 0.25) is 5.76 Å². The van der Waals surface area contributed by atoms with E-state index in [1.54, 1.807) is 19.2 Å². The first-order valence-corrected chi connectivity index (χ1v) is 4.87. The number of aryl methyl sites for hydroxylation is 1. The van der Waals surface area contributed by atoms with E-state index in [9.17, 15) is 4.79 Å². The highest BCUT2D eigenvalue weighted by molar-refractivity contribution is 5.91. The first-order valence-electron chi connectivity index (χ1n) is 4.87. The molecule has 2 rings (SSSR count). The Balaban J connectivity index is 1.94. The Morgan fingerprint density at radius 3 is 3.00 bits per heavy atom. The summed E-state index contributed by atoms with van der Waals surface area (Å²) in [7, 11) is 0. The van der Waals surface area contributed by atoms with Crippen molar-refractivity contribution < 1.29 is 9.32 Å². The number of carbonyl (C=O) groups is 1. The molecule has 82 valence electrons. The van der Waals surface area contributed by atoms with Crippen LogP contribution in [0.3, 0.4) is 0 Å². The molecule has 2 aromatic heterocycles. The van der Waals surface area contributed by atoms with Gasteiger partial charge in [0.25, 0.3) is 5.91 Å². The molecule has 5 nitrogen and oxygen atoms in total. The number of carbonyl (C=O) groups excluding carboxylic acids is 1. The Morgan fingerprint density at radius 2 is 2.38 bits per heavy atom. The van der Waals surface area contributed by atoms with Crippen molar-refractivity contribution in [3.8, 4) is 0 Å². The fourth-order valence-electron chi connectivity index (χ4n) is 1.23. The molecule has 0 radical (unpaired) electrons. The highest BCUT2D eigenvalue weighted by atomic mass is 16.5. The molecule has 0 aliphatic carbocycles. The predicted molar refractivity (Wildman–Crippen MR) is 56.6 cm³/mol. The smallest absolute Gasteiger partial charge is 0.290 e. The van der Waals surface area contributed by atoms with E-state index in [0.29, 0.717) is 12.2 Å². The first-order chi connectivity index (χ1) is 7.75. The molecule has 0 aromatic carbocycles. The van der Waals surface area contributed by atoms with E-state index >= 15 is 0 Å². The van der Waals surface area contributed by atoms with Crippen molar-refractivity contribution in [2.45, 2.75) is 13.5 Å². The Labute approximate surface area is 92.5 Å². The van der Waals surface area contributed by atoms with Crippen LogP contribution in [0.4, 0.5) is 0 Å². The molecule has 1 N–H and O–H groups in total. The van der Waals surface area contributed by atoms with Crippen LogP contribution in [-0.4, -0.2) is 16.0 Å². The lowest BCUT2D eigenvalue weighted by molar-refractivity contribution is 0.0913. The molecular formula is C11H11N3O2. The van der Waals surface area contributed by atoms with Crippen molar-refractivity contribution in [1.29, 1.82) is 0 Å². The minimum atomic E-state index is -0.286. The van der Waals surface area contributed by atoms with Crippen LogP contribution in [0.25, 0.3) is 0 Å². The van der Waals surface area contributed by atoms with Crippen LogP contribution in [-0.2, 0) is 6.54 Å². The summed E-state index contributed by atoms with van der Waals surface area (Å²) < 4.78 is 4.83. The van der Waals surface area contributed by atoms with Crippen molar-refractivity contribution in [1.82, 2.24) is 15.5 Å². The Bertz CT molecular complexity index is 479. The second kappa shape index (κ2) is 4.57. The molecule has 2 heterocycles. The molecular weight excluding hydrogens is 206 g/mol. The van der Waals surface area contributed by atoms with Gasteiger partial charge in [0.05, 0.1) is 17.9 Å². The molecule has 0 saturated heterocycles. The quantitative estimate of drug-likeness (QED) is 0.841. The average Bonchev–Trinajstić information content (AvgIpc) is 2.74.